The first-order valence-corrected chi connectivity index (χ1v) is 10.9. The lowest BCUT2D eigenvalue weighted by Gasteiger charge is -2.18. The van der Waals surface area contributed by atoms with E-state index in [2.05, 4.69) is 10.0 Å². The lowest BCUT2D eigenvalue weighted by molar-refractivity contribution is -0.117. The fourth-order valence-electron chi connectivity index (χ4n) is 2.71. The van der Waals surface area contributed by atoms with Crippen molar-refractivity contribution in [2.75, 3.05) is 33.8 Å². The molecular weight excluding hydrogens is 464 g/mol. The second-order valence-electron chi connectivity index (χ2n) is 6.37. The van der Waals surface area contributed by atoms with Gasteiger partial charge in [0, 0.05) is 17.2 Å². The van der Waals surface area contributed by atoms with Crippen LogP contribution in [-0.2, 0) is 19.6 Å². The molecule has 0 aliphatic rings. The van der Waals surface area contributed by atoms with Crippen LogP contribution in [-0.4, -0.2) is 54.8 Å². The Morgan fingerprint density at radius 2 is 1.53 bits per heavy atom. The van der Waals surface area contributed by atoms with Crippen LogP contribution in [0, 0.1) is 0 Å². The number of esters is 1. The molecule has 10 nitrogen and oxygen atoms in total. The normalized spacial score (nSPS) is 11.9. The lowest BCUT2D eigenvalue weighted by atomic mass is 10.1. The Morgan fingerprint density at radius 1 is 0.938 bits per heavy atom. The van der Waals surface area contributed by atoms with Crippen molar-refractivity contribution in [2.45, 2.75) is 17.9 Å². The van der Waals surface area contributed by atoms with Crippen LogP contribution < -0.4 is 24.2 Å². The van der Waals surface area contributed by atoms with Gasteiger partial charge in [-0.2, -0.15) is 4.72 Å². The van der Waals surface area contributed by atoms with E-state index in [1.165, 1.54) is 65.7 Å². The number of hydrogen-bond acceptors (Lipinski definition) is 8. The molecule has 174 valence electrons. The van der Waals surface area contributed by atoms with Gasteiger partial charge in [0.25, 0.3) is 0 Å². The number of halogens is 1. The Hall–Kier alpha value is -3.02. The van der Waals surface area contributed by atoms with E-state index in [0.29, 0.717) is 0 Å². The van der Waals surface area contributed by atoms with E-state index in [9.17, 15) is 18.0 Å². The van der Waals surface area contributed by atoms with Crippen LogP contribution in [0.4, 0.5) is 5.69 Å². The molecule has 0 saturated carbocycles. The average molecular weight is 487 g/mol. The highest BCUT2D eigenvalue weighted by Gasteiger charge is 2.27. The summed E-state index contributed by atoms with van der Waals surface area (Å²) in [6, 6.07) is 5.55. The lowest BCUT2D eigenvalue weighted by Crippen LogP contribution is -2.41. The summed E-state index contributed by atoms with van der Waals surface area (Å²) in [5.74, 6) is -0.937. The van der Waals surface area contributed by atoms with Gasteiger partial charge in [0.1, 0.15) is 10.6 Å². The van der Waals surface area contributed by atoms with Crippen LogP contribution in [0.2, 0.25) is 5.02 Å². The van der Waals surface area contributed by atoms with Crippen molar-refractivity contribution < 1.29 is 37.0 Å². The van der Waals surface area contributed by atoms with Gasteiger partial charge in [0.2, 0.25) is 15.9 Å². The molecule has 12 heteroatoms. The van der Waals surface area contributed by atoms with Gasteiger partial charge in [-0.1, -0.05) is 11.6 Å². The number of carbonyl (C=O) groups is 2. The van der Waals surface area contributed by atoms with E-state index >= 15 is 0 Å². The molecule has 0 saturated heterocycles. The molecule has 1 amide bonds. The summed E-state index contributed by atoms with van der Waals surface area (Å²) >= 11 is 5.91. The number of amides is 1. The molecule has 0 bridgehead atoms. The molecular formula is C20H23ClN2O8S. The highest BCUT2D eigenvalue weighted by atomic mass is 35.5. The van der Waals surface area contributed by atoms with Crippen molar-refractivity contribution in [3.63, 3.8) is 0 Å². The zero-order chi connectivity index (χ0) is 24.1. The van der Waals surface area contributed by atoms with Crippen molar-refractivity contribution in [2.24, 2.45) is 0 Å². The first kappa shape index (κ1) is 25.2. The molecule has 1 atom stereocenters. The summed E-state index contributed by atoms with van der Waals surface area (Å²) in [7, 11) is 1.09. The number of benzene rings is 2. The first-order chi connectivity index (χ1) is 15.1. The van der Waals surface area contributed by atoms with Crippen LogP contribution in [0.5, 0.6) is 17.2 Å². The molecule has 0 unspecified atom stereocenters. The zero-order valence-corrected chi connectivity index (χ0v) is 19.6. The Balaban J connectivity index is 2.33. The molecule has 0 fully saturated rings. The fourth-order valence-corrected chi connectivity index (χ4v) is 4.35. The number of anilines is 1. The summed E-state index contributed by atoms with van der Waals surface area (Å²) in [6.07, 6.45) is 0. The minimum Gasteiger partial charge on any atom is -0.495 e. The van der Waals surface area contributed by atoms with Crippen molar-refractivity contribution in [3.8, 4) is 17.2 Å². The molecule has 32 heavy (non-hydrogen) atoms. The Kier molecular flexibility index (Phi) is 8.31. The predicted octanol–water partition coefficient (Wildman–Crippen LogP) is 2.46. The van der Waals surface area contributed by atoms with Gasteiger partial charge in [0.15, 0.2) is 11.5 Å². The molecule has 0 aliphatic heterocycles. The van der Waals surface area contributed by atoms with E-state index in [4.69, 9.17) is 30.5 Å². The van der Waals surface area contributed by atoms with Crippen molar-refractivity contribution in [1.29, 1.82) is 0 Å². The maximum Gasteiger partial charge on any atom is 0.340 e. The molecule has 2 aromatic carbocycles. The molecule has 0 radical (unpaired) electrons. The highest BCUT2D eigenvalue weighted by Crippen LogP contribution is 2.34. The monoisotopic (exact) mass is 486 g/mol. The van der Waals surface area contributed by atoms with E-state index in [1.54, 1.807) is 0 Å². The molecule has 0 aromatic heterocycles. The van der Waals surface area contributed by atoms with Gasteiger partial charge < -0.3 is 24.3 Å². The smallest absolute Gasteiger partial charge is 0.340 e. The second kappa shape index (κ2) is 10.5. The Labute approximate surface area is 190 Å². The van der Waals surface area contributed by atoms with Gasteiger partial charge in [-0.15, -0.1) is 0 Å². The van der Waals surface area contributed by atoms with Crippen LogP contribution in [0.1, 0.15) is 17.3 Å². The van der Waals surface area contributed by atoms with E-state index in [1.807, 2.05) is 0 Å². The quantitative estimate of drug-likeness (QED) is 0.517. The Bertz CT molecular complexity index is 1120. The number of rotatable bonds is 9. The summed E-state index contributed by atoms with van der Waals surface area (Å²) in [5.41, 5.74) is 0.0379. The van der Waals surface area contributed by atoms with Crippen molar-refractivity contribution in [1.82, 2.24) is 4.72 Å². The molecule has 0 aliphatic carbocycles. The third-order valence-corrected chi connectivity index (χ3v) is 6.12. The van der Waals surface area contributed by atoms with Crippen LogP contribution in [0.3, 0.4) is 0 Å². The second-order valence-corrected chi connectivity index (χ2v) is 8.49. The fraction of sp³-hybridized carbons (Fsp3) is 0.300. The number of nitrogens with one attached hydrogen (secondary N) is 2. The summed E-state index contributed by atoms with van der Waals surface area (Å²) in [6.45, 7) is 1.34. The molecule has 0 heterocycles. The summed E-state index contributed by atoms with van der Waals surface area (Å²) < 4.78 is 48.0. The third-order valence-electron chi connectivity index (χ3n) is 4.33. The van der Waals surface area contributed by atoms with Crippen LogP contribution >= 0.6 is 11.6 Å². The first-order valence-electron chi connectivity index (χ1n) is 9.09. The number of ether oxygens (including phenoxy) is 4. The van der Waals surface area contributed by atoms with E-state index < -0.39 is 27.9 Å². The Morgan fingerprint density at radius 3 is 2.09 bits per heavy atom. The zero-order valence-electron chi connectivity index (χ0n) is 18.0. The molecule has 2 aromatic rings. The average Bonchev–Trinajstić information content (AvgIpc) is 2.77. The van der Waals surface area contributed by atoms with Crippen molar-refractivity contribution >= 4 is 39.2 Å². The maximum absolute atomic E-state index is 12.8. The standard InChI is InChI=1S/C20H23ClN2O8S/c1-11(23-32(26,27)18-8-12(21)6-7-15(18)28-2)19(24)22-14-10-17(30-4)16(29-3)9-13(14)20(25)31-5/h6-11,23H,1-5H3,(H,22,24)/t11-/m0/s1. The van der Waals surface area contributed by atoms with Gasteiger partial charge >= 0.3 is 5.97 Å². The van der Waals surface area contributed by atoms with E-state index in [0.717, 1.165) is 0 Å². The van der Waals surface area contributed by atoms with Gasteiger partial charge in [-0.25, -0.2) is 13.2 Å². The van der Waals surface area contributed by atoms with Crippen molar-refractivity contribution in [3.05, 3.63) is 40.9 Å². The number of sulfonamides is 1. The predicted molar refractivity (Wildman–Crippen MR) is 117 cm³/mol. The van der Waals surface area contributed by atoms with Crippen LogP contribution in [0.15, 0.2) is 35.2 Å². The molecule has 2 rings (SSSR count). The number of carbonyl (C=O) groups excluding carboxylic acids is 2. The van der Waals surface area contributed by atoms with E-state index in [-0.39, 0.29) is 38.4 Å². The van der Waals surface area contributed by atoms with Gasteiger partial charge in [-0.3, -0.25) is 4.79 Å². The SMILES string of the molecule is COC(=O)c1cc(OC)c(OC)cc1NC(=O)[C@H](C)NS(=O)(=O)c1cc(Cl)ccc1OC. The van der Waals surface area contributed by atoms with Gasteiger partial charge in [-0.05, 0) is 25.1 Å². The number of methoxy groups -OCH3 is 4. The summed E-state index contributed by atoms with van der Waals surface area (Å²) in [4.78, 5) is 24.7. The largest absolute Gasteiger partial charge is 0.495 e. The summed E-state index contributed by atoms with van der Waals surface area (Å²) in [5, 5.41) is 2.68. The topological polar surface area (TPSA) is 129 Å². The maximum atomic E-state index is 12.8. The van der Waals surface area contributed by atoms with Crippen LogP contribution in [0.25, 0.3) is 0 Å². The minimum absolute atomic E-state index is 0.00920. The molecule has 2 N–H and O–H groups in total. The molecule has 0 spiro atoms. The third kappa shape index (κ3) is 5.61. The van der Waals surface area contributed by atoms with Gasteiger partial charge in [0.05, 0.1) is 45.7 Å². The number of hydrogen-bond donors (Lipinski definition) is 2. The minimum atomic E-state index is -4.17. The highest BCUT2D eigenvalue weighted by molar-refractivity contribution is 7.89.